The summed E-state index contributed by atoms with van der Waals surface area (Å²) in [6, 6.07) is 13.8. The van der Waals surface area contributed by atoms with Crippen LogP contribution in [0, 0.1) is 0 Å². The van der Waals surface area contributed by atoms with Crippen molar-refractivity contribution in [2.45, 2.75) is 5.88 Å². The molecule has 2 aromatic carbocycles. The highest BCUT2D eigenvalue weighted by molar-refractivity contribution is 6.32. The fourth-order valence-electron chi connectivity index (χ4n) is 1.96. The van der Waals surface area contributed by atoms with Crippen LogP contribution in [0.1, 0.15) is 5.56 Å². The van der Waals surface area contributed by atoms with Crippen molar-refractivity contribution < 1.29 is 0 Å². The third-order valence-electron chi connectivity index (χ3n) is 2.91. The third kappa shape index (κ3) is 1.88. The number of nitrogens with zero attached hydrogens (tertiary/aromatic N) is 2. The van der Waals surface area contributed by atoms with E-state index < -0.39 is 0 Å². The predicted molar refractivity (Wildman–Crippen MR) is 75.6 cm³/mol. The van der Waals surface area contributed by atoms with E-state index in [1.807, 2.05) is 47.0 Å². The Hall–Kier alpha value is -1.51. The maximum Gasteiger partial charge on any atom is 0.100 e. The van der Waals surface area contributed by atoms with Gasteiger partial charge in [0, 0.05) is 16.6 Å². The minimum absolute atomic E-state index is 0.420. The average molecular weight is 277 g/mol. The first-order chi connectivity index (χ1) is 8.79. The van der Waals surface area contributed by atoms with Gasteiger partial charge in [-0.3, -0.25) is 4.57 Å². The first-order valence-electron chi connectivity index (χ1n) is 5.56. The Bertz CT molecular complexity index is 704. The van der Waals surface area contributed by atoms with Crippen LogP contribution in [0.2, 0.25) is 5.02 Å². The zero-order valence-corrected chi connectivity index (χ0v) is 11.0. The quantitative estimate of drug-likeness (QED) is 0.634. The predicted octanol–water partition coefficient (Wildman–Crippen LogP) is 4.42. The smallest absolute Gasteiger partial charge is 0.100 e. The normalized spacial score (nSPS) is 11.0. The molecule has 0 fully saturated rings. The summed E-state index contributed by atoms with van der Waals surface area (Å²) in [5.41, 5.74) is 3.95. The molecule has 3 aromatic rings. The van der Waals surface area contributed by atoms with E-state index in [1.54, 1.807) is 6.33 Å². The minimum atomic E-state index is 0.420. The summed E-state index contributed by atoms with van der Waals surface area (Å²) >= 11 is 12.0. The van der Waals surface area contributed by atoms with E-state index in [2.05, 4.69) is 4.98 Å². The number of benzene rings is 2. The molecule has 0 saturated heterocycles. The number of alkyl halides is 1. The Labute approximate surface area is 115 Å². The molecule has 0 unspecified atom stereocenters. The Morgan fingerprint density at radius 1 is 1.11 bits per heavy atom. The Balaban J connectivity index is 2.17. The molecule has 18 heavy (non-hydrogen) atoms. The van der Waals surface area contributed by atoms with E-state index in [9.17, 15) is 0 Å². The van der Waals surface area contributed by atoms with Crippen molar-refractivity contribution in [1.82, 2.24) is 9.55 Å². The SMILES string of the molecule is ClCc1ccc(-n2cnc3ccccc32)cc1Cl. The summed E-state index contributed by atoms with van der Waals surface area (Å²) in [5, 5.41) is 0.681. The first-order valence-corrected chi connectivity index (χ1v) is 6.47. The summed E-state index contributed by atoms with van der Waals surface area (Å²) in [7, 11) is 0. The molecular weight excluding hydrogens is 267 g/mol. The molecule has 3 rings (SSSR count). The molecule has 0 radical (unpaired) electrons. The molecule has 0 saturated carbocycles. The number of hydrogen-bond donors (Lipinski definition) is 0. The second kappa shape index (κ2) is 4.63. The molecule has 0 amide bonds. The van der Waals surface area contributed by atoms with Gasteiger partial charge in [0.2, 0.25) is 0 Å². The summed E-state index contributed by atoms with van der Waals surface area (Å²) in [6.45, 7) is 0. The lowest BCUT2D eigenvalue weighted by atomic mass is 10.2. The molecule has 4 heteroatoms. The molecule has 0 atom stereocenters. The summed E-state index contributed by atoms with van der Waals surface area (Å²) in [4.78, 5) is 4.36. The van der Waals surface area contributed by atoms with Crippen molar-refractivity contribution in [3.63, 3.8) is 0 Å². The molecule has 0 aliphatic heterocycles. The lowest BCUT2D eigenvalue weighted by molar-refractivity contribution is 1.09. The van der Waals surface area contributed by atoms with Gasteiger partial charge in [-0.1, -0.05) is 29.8 Å². The number of halogens is 2. The van der Waals surface area contributed by atoms with Crippen LogP contribution >= 0.6 is 23.2 Å². The lowest BCUT2D eigenvalue weighted by Gasteiger charge is -2.07. The molecule has 90 valence electrons. The van der Waals surface area contributed by atoms with Crippen molar-refractivity contribution in [2.24, 2.45) is 0 Å². The van der Waals surface area contributed by atoms with E-state index in [4.69, 9.17) is 23.2 Å². The van der Waals surface area contributed by atoms with Crippen LogP contribution in [-0.4, -0.2) is 9.55 Å². The van der Waals surface area contributed by atoms with Gasteiger partial charge in [-0.2, -0.15) is 0 Å². The molecule has 0 aliphatic rings. The highest BCUT2D eigenvalue weighted by Crippen LogP contribution is 2.24. The fraction of sp³-hybridized carbons (Fsp3) is 0.0714. The van der Waals surface area contributed by atoms with Crippen LogP contribution in [0.25, 0.3) is 16.7 Å². The standard InChI is InChI=1S/C14H10Cl2N2/c15-8-10-5-6-11(7-12(10)16)18-9-17-13-3-1-2-4-14(13)18/h1-7,9H,8H2. The van der Waals surface area contributed by atoms with Crippen molar-refractivity contribution in [3.8, 4) is 5.69 Å². The highest BCUT2D eigenvalue weighted by Gasteiger charge is 2.06. The zero-order chi connectivity index (χ0) is 12.5. The van der Waals surface area contributed by atoms with Crippen LogP contribution < -0.4 is 0 Å². The number of imidazole rings is 1. The van der Waals surface area contributed by atoms with Gasteiger partial charge in [-0.05, 0) is 29.8 Å². The number of rotatable bonds is 2. The van der Waals surface area contributed by atoms with Gasteiger partial charge in [0.1, 0.15) is 6.33 Å². The van der Waals surface area contributed by atoms with E-state index in [1.165, 1.54) is 0 Å². The maximum atomic E-state index is 6.18. The van der Waals surface area contributed by atoms with E-state index in [0.29, 0.717) is 10.9 Å². The molecule has 0 spiro atoms. The fourth-order valence-corrected chi connectivity index (χ4v) is 2.50. The van der Waals surface area contributed by atoms with Gasteiger partial charge in [0.05, 0.1) is 11.0 Å². The van der Waals surface area contributed by atoms with Crippen LogP contribution in [0.15, 0.2) is 48.8 Å². The van der Waals surface area contributed by atoms with Crippen molar-refractivity contribution in [2.75, 3.05) is 0 Å². The third-order valence-corrected chi connectivity index (χ3v) is 3.55. The Morgan fingerprint density at radius 2 is 1.94 bits per heavy atom. The number of hydrogen-bond acceptors (Lipinski definition) is 1. The summed E-state index contributed by atoms with van der Waals surface area (Å²) in [6.07, 6.45) is 1.80. The molecular formula is C14H10Cl2N2. The van der Waals surface area contributed by atoms with Gasteiger partial charge >= 0.3 is 0 Å². The largest absolute Gasteiger partial charge is 0.299 e. The van der Waals surface area contributed by atoms with Gasteiger partial charge < -0.3 is 0 Å². The average Bonchev–Trinajstić information content (AvgIpc) is 2.82. The van der Waals surface area contributed by atoms with Gasteiger partial charge in [0.15, 0.2) is 0 Å². The number of para-hydroxylation sites is 2. The molecule has 0 bridgehead atoms. The van der Waals surface area contributed by atoms with Crippen LogP contribution in [0.5, 0.6) is 0 Å². The molecule has 0 aliphatic carbocycles. The number of fused-ring (bicyclic) bond motifs is 1. The number of aromatic nitrogens is 2. The lowest BCUT2D eigenvalue weighted by Crippen LogP contribution is -1.93. The van der Waals surface area contributed by atoms with Crippen LogP contribution in [0.3, 0.4) is 0 Å². The summed E-state index contributed by atoms with van der Waals surface area (Å²) in [5.74, 6) is 0.420. The van der Waals surface area contributed by atoms with E-state index in [0.717, 1.165) is 22.3 Å². The molecule has 1 heterocycles. The minimum Gasteiger partial charge on any atom is -0.299 e. The monoisotopic (exact) mass is 276 g/mol. The van der Waals surface area contributed by atoms with E-state index in [-0.39, 0.29) is 0 Å². The van der Waals surface area contributed by atoms with Gasteiger partial charge in [0.25, 0.3) is 0 Å². The van der Waals surface area contributed by atoms with Crippen molar-refractivity contribution in [1.29, 1.82) is 0 Å². The van der Waals surface area contributed by atoms with Crippen molar-refractivity contribution >= 4 is 34.2 Å². The van der Waals surface area contributed by atoms with Gasteiger partial charge in [-0.25, -0.2) is 4.98 Å². The Kier molecular flexibility index (Phi) is 2.98. The second-order valence-electron chi connectivity index (χ2n) is 4.01. The van der Waals surface area contributed by atoms with Crippen LogP contribution in [-0.2, 0) is 5.88 Å². The van der Waals surface area contributed by atoms with Crippen LogP contribution in [0.4, 0.5) is 0 Å². The van der Waals surface area contributed by atoms with Crippen molar-refractivity contribution in [3.05, 3.63) is 59.4 Å². The topological polar surface area (TPSA) is 17.8 Å². The highest BCUT2D eigenvalue weighted by atomic mass is 35.5. The second-order valence-corrected chi connectivity index (χ2v) is 4.69. The first kappa shape index (κ1) is 11.6. The maximum absolute atomic E-state index is 6.18. The molecule has 2 nitrogen and oxygen atoms in total. The van der Waals surface area contributed by atoms with Gasteiger partial charge in [-0.15, -0.1) is 11.6 Å². The van der Waals surface area contributed by atoms with E-state index >= 15 is 0 Å². The molecule has 0 N–H and O–H groups in total. The Morgan fingerprint density at radius 3 is 2.72 bits per heavy atom. The molecule has 1 aromatic heterocycles. The zero-order valence-electron chi connectivity index (χ0n) is 9.48. The summed E-state index contributed by atoms with van der Waals surface area (Å²) < 4.78 is 2.01.